The molecule has 0 aliphatic heterocycles. The maximum atomic E-state index is 11.2. The van der Waals surface area contributed by atoms with E-state index in [1.165, 1.54) is 0 Å². The Morgan fingerprint density at radius 1 is 1.29 bits per heavy atom. The molecule has 0 amide bonds. The second-order valence-corrected chi connectivity index (χ2v) is 3.02. The summed E-state index contributed by atoms with van der Waals surface area (Å²) in [6.45, 7) is -0.711. The van der Waals surface area contributed by atoms with Crippen LogP contribution < -0.4 is 4.74 Å². The number of benzene rings is 1. The van der Waals surface area contributed by atoms with Gasteiger partial charge < -0.3 is 24.8 Å². The Kier molecular flexibility index (Phi) is 3.76. The van der Waals surface area contributed by atoms with Crippen molar-refractivity contribution in [3.63, 3.8) is 0 Å². The van der Waals surface area contributed by atoms with Crippen LogP contribution >= 0.6 is 0 Å². The molecule has 0 aliphatic rings. The third-order valence-electron chi connectivity index (χ3n) is 1.83. The van der Waals surface area contributed by atoms with Crippen molar-refractivity contribution in [2.24, 2.45) is 0 Å². The number of carbonyl (C=O) groups is 2. The van der Waals surface area contributed by atoms with E-state index in [9.17, 15) is 19.8 Å². The van der Waals surface area contributed by atoms with Crippen LogP contribution in [0.15, 0.2) is 12.1 Å². The standard InChI is InChI=1S/C10H10O7/c1-16-10(15)5-2-6(11)9(14)7(3-5)17-4-8(12)13/h2-3,11,14H,4H2,1H3,(H,12,13). The molecule has 7 nitrogen and oxygen atoms in total. The van der Waals surface area contributed by atoms with Crippen molar-refractivity contribution in [3.8, 4) is 17.2 Å². The molecule has 1 aromatic carbocycles. The summed E-state index contributed by atoms with van der Waals surface area (Å²) in [5, 5.41) is 27.1. The van der Waals surface area contributed by atoms with Crippen LogP contribution in [0.4, 0.5) is 0 Å². The van der Waals surface area contributed by atoms with Gasteiger partial charge in [-0.05, 0) is 12.1 Å². The van der Waals surface area contributed by atoms with E-state index in [2.05, 4.69) is 4.74 Å². The van der Waals surface area contributed by atoms with E-state index < -0.39 is 30.0 Å². The molecule has 0 fully saturated rings. The SMILES string of the molecule is COC(=O)c1cc(O)c(O)c(OCC(=O)O)c1. The number of phenolic OH excluding ortho intramolecular Hbond substituents is 2. The first kappa shape index (κ1) is 12.6. The van der Waals surface area contributed by atoms with E-state index in [0.717, 1.165) is 19.2 Å². The molecule has 0 unspecified atom stereocenters. The van der Waals surface area contributed by atoms with Crippen LogP contribution in [0.3, 0.4) is 0 Å². The first-order valence-electron chi connectivity index (χ1n) is 4.44. The first-order chi connectivity index (χ1) is 7.95. The minimum atomic E-state index is -1.26. The van der Waals surface area contributed by atoms with Gasteiger partial charge in [0.2, 0.25) is 5.75 Å². The van der Waals surface area contributed by atoms with Gasteiger partial charge >= 0.3 is 11.9 Å². The van der Waals surface area contributed by atoms with Crippen LogP contribution in [0.2, 0.25) is 0 Å². The van der Waals surface area contributed by atoms with Gasteiger partial charge in [0.15, 0.2) is 18.1 Å². The molecule has 0 aromatic heterocycles. The number of ether oxygens (including phenoxy) is 2. The number of hydrogen-bond acceptors (Lipinski definition) is 6. The molecule has 0 saturated carbocycles. The third kappa shape index (κ3) is 3.00. The predicted molar refractivity (Wildman–Crippen MR) is 54.2 cm³/mol. The van der Waals surface area contributed by atoms with Gasteiger partial charge in [-0.1, -0.05) is 0 Å². The highest BCUT2D eigenvalue weighted by molar-refractivity contribution is 5.91. The Morgan fingerprint density at radius 3 is 2.47 bits per heavy atom. The average molecular weight is 242 g/mol. The van der Waals surface area contributed by atoms with Crippen molar-refractivity contribution in [3.05, 3.63) is 17.7 Å². The lowest BCUT2D eigenvalue weighted by Gasteiger charge is -2.09. The van der Waals surface area contributed by atoms with E-state index in [1.807, 2.05) is 0 Å². The van der Waals surface area contributed by atoms with Crippen molar-refractivity contribution < 1.29 is 34.4 Å². The molecule has 1 rings (SSSR count). The Morgan fingerprint density at radius 2 is 1.94 bits per heavy atom. The van der Waals surface area contributed by atoms with Crippen LogP contribution in [0.5, 0.6) is 17.2 Å². The fourth-order valence-corrected chi connectivity index (χ4v) is 1.08. The Bertz CT molecular complexity index is 452. The molecule has 0 bridgehead atoms. The van der Waals surface area contributed by atoms with E-state index in [1.54, 1.807) is 0 Å². The zero-order valence-corrected chi connectivity index (χ0v) is 8.84. The smallest absolute Gasteiger partial charge is 0.341 e. The topological polar surface area (TPSA) is 113 Å². The lowest BCUT2D eigenvalue weighted by molar-refractivity contribution is -0.139. The molecular formula is C10H10O7. The predicted octanol–water partition coefficient (Wildman–Crippen LogP) is 0.348. The van der Waals surface area contributed by atoms with Gasteiger partial charge in [0, 0.05) is 0 Å². The van der Waals surface area contributed by atoms with Crippen LogP contribution in [0.1, 0.15) is 10.4 Å². The largest absolute Gasteiger partial charge is 0.504 e. The Labute approximate surface area is 95.8 Å². The van der Waals surface area contributed by atoms with Crippen LogP contribution in [0, 0.1) is 0 Å². The Hall–Kier alpha value is -2.44. The van der Waals surface area contributed by atoms with E-state index >= 15 is 0 Å². The lowest BCUT2D eigenvalue weighted by Crippen LogP contribution is -2.10. The summed E-state index contributed by atoms with van der Waals surface area (Å²) < 4.78 is 9.11. The molecular weight excluding hydrogens is 232 g/mol. The van der Waals surface area contributed by atoms with E-state index in [4.69, 9.17) is 9.84 Å². The van der Waals surface area contributed by atoms with Crippen molar-refractivity contribution in [2.45, 2.75) is 0 Å². The van der Waals surface area contributed by atoms with Gasteiger partial charge in [-0.3, -0.25) is 0 Å². The van der Waals surface area contributed by atoms with Crippen molar-refractivity contribution in [2.75, 3.05) is 13.7 Å². The molecule has 0 radical (unpaired) electrons. The number of aromatic hydroxyl groups is 2. The van der Waals surface area contributed by atoms with Crippen LogP contribution in [0.25, 0.3) is 0 Å². The number of carbonyl (C=O) groups excluding carboxylic acids is 1. The van der Waals surface area contributed by atoms with E-state index in [0.29, 0.717) is 0 Å². The molecule has 0 atom stereocenters. The molecule has 0 heterocycles. The minimum Gasteiger partial charge on any atom is -0.504 e. The number of hydrogen-bond donors (Lipinski definition) is 3. The molecule has 0 spiro atoms. The molecule has 3 N–H and O–H groups in total. The molecule has 1 aromatic rings. The molecule has 17 heavy (non-hydrogen) atoms. The number of methoxy groups -OCH3 is 1. The minimum absolute atomic E-state index is 0.0665. The quantitative estimate of drug-likeness (QED) is 0.515. The lowest BCUT2D eigenvalue weighted by atomic mass is 10.2. The number of phenols is 2. The van der Waals surface area contributed by atoms with Gasteiger partial charge in [-0.25, -0.2) is 9.59 Å². The molecule has 92 valence electrons. The van der Waals surface area contributed by atoms with Crippen molar-refractivity contribution in [1.82, 2.24) is 0 Å². The molecule has 0 saturated heterocycles. The van der Waals surface area contributed by atoms with Crippen molar-refractivity contribution >= 4 is 11.9 Å². The zero-order chi connectivity index (χ0) is 13.0. The molecule has 7 heteroatoms. The van der Waals surface area contributed by atoms with Gasteiger partial charge in [-0.2, -0.15) is 0 Å². The van der Waals surface area contributed by atoms with Gasteiger partial charge in [-0.15, -0.1) is 0 Å². The fourth-order valence-electron chi connectivity index (χ4n) is 1.08. The summed E-state index contributed by atoms with van der Waals surface area (Å²) in [7, 11) is 1.14. The second-order valence-electron chi connectivity index (χ2n) is 3.02. The first-order valence-corrected chi connectivity index (χ1v) is 4.44. The van der Waals surface area contributed by atoms with Gasteiger partial charge in [0.05, 0.1) is 12.7 Å². The summed E-state index contributed by atoms with van der Waals surface area (Å²) in [4.78, 5) is 21.5. The maximum Gasteiger partial charge on any atom is 0.341 e. The van der Waals surface area contributed by atoms with E-state index in [-0.39, 0.29) is 11.3 Å². The summed E-state index contributed by atoms with van der Waals surface area (Å²) in [5.41, 5.74) is -0.0665. The molecule has 0 aliphatic carbocycles. The second kappa shape index (κ2) is 5.06. The average Bonchev–Trinajstić information content (AvgIpc) is 2.29. The van der Waals surface area contributed by atoms with Crippen LogP contribution in [-0.4, -0.2) is 41.0 Å². The number of esters is 1. The van der Waals surface area contributed by atoms with Gasteiger partial charge in [0.25, 0.3) is 0 Å². The number of aliphatic carboxylic acids is 1. The highest BCUT2D eigenvalue weighted by Crippen LogP contribution is 2.36. The monoisotopic (exact) mass is 242 g/mol. The normalized spacial score (nSPS) is 9.71. The number of carboxylic acid groups (broad SMARTS) is 1. The fraction of sp³-hybridized carbons (Fsp3) is 0.200. The van der Waals surface area contributed by atoms with Crippen LogP contribution in [-0.2, 0) is 9.53 Å². The summed E-state index contributed by atoms with van der Waals surface area (Å²) in [6, 6.07) is 2.05. The van der Waals surface area contributed by atoms with Crippen molar-refractivity contribution in [1.29, 1.82) is 0 Å². The number of rotatable bonds is 4. The highest BCUT2D eigenvalue weighted by atomic mass is 16.5. The summed E-state index contributed by atoms with van der Waals surface area (Å²) in [5.74, 6) is -3.56. The zero-order valence-electron chi connectivity index (χ0n) is 8.84. The summed E-state index contributed by atoms with van der Waals surface area (Å²) in [6.07, 6.45) is 0. The summed E-state index contributed by atoms with van der Waals surface area (Å²) >= 11 is 0. The maximum absolute atomic E-state index is 11.2. The Balaban J connectivity index is 3.06. The third-order valence-corrected chi connectivity index (χ3v) is 1.83. The van der Waals surface area contributed by atoms with Gasteiger partial charge in [0.1, 0.15) is 0 Å². The number of carboxylic acids is 1. The highest BCUT2D eigenvalue weighted by Gasteiger charge is 2.16.